The second-order valence-electron chi connectivity index (χ2n) is 8.14. The number of anilines is 1. The molecule has 12 heteroatoms. The summed E-state index contributed by atoms with van der Waals surface area (Å²) in [6, 6.07) is 8.66. The summed E-state index contributed by atoms with van der Waals surface area (Å²) in [4.78, 5) is 22.0. The number of nitrogens with zero attached hydrogens (tertiary/aromatic N) is 4. The number of halogens is 2. The molecule has 0 N–H and O–H groups in total. The van der Waals surface area contributed by atoms with Crippen molar-refractivity contribution in [1.82, 2.24) is 14.2 Å². The van der Waals surface area contributed by atoms with Crippen molar-refractivity contribution in [2.75, 3.05) is 45.2 Å². The van der Waals surface area contributed by atoms with Crippen LogP contribution in [0.15, 0.2) is 34.5 Å². The number of hydrogen-bond acceptors (Lipinski definition) is 7. The quantitative estimate of drug-likeness (QED) is 0.430. The minimum Gasteiger partial charge on any atom is -0.308 e. The molecule has 3 heterocycles. The molecule has 33 heavy (non-hydrogen) atoms. The Morgan fingerprint density at radius 3 is 2.64 bits per heavy atom. The highest BCUT2D eigenvalue weighted by Crippen LogP contribution is 2.35. The molecule has 178 valence electrons. The van der Waals surface area contributed by atoms with E-state index in [4.69, 9.17) is 23.2 Å². The molecule has 1 fully saturated rings. The van der Waals surface area contributed by atoms with Crippen LogP contribution in [0, 0.1) is 5.92 Å². The highest BCUT2D eigenvalue weighted by atomic mass is 35.5. The lowest BCUT2D eigenvalue weighted by Gasteiger charge is -2.33. The van der Waals surface area contributed by atoms with Gasteiger partial charge in [-0.3, -0.25) is 9.69 Å². The molecule has 3 aromatic rings. The Labute approximate surface area is 211 Å². The Morgan fingerprint density at radius 2 is 1.97 bits per heavy atom. The monoisotopic (exact) mass is 546 g/mol. The molecule has 0 aliphatic carbocycles. The topological polar surface area (TPSA) is 73.8 Å². The van der Waals surface area contributed by atoms with Crippen molar-refractivity contribution in [3.05, 3.63) is 39.7 Å². The Kier molecular flexibility index (Phi) is 7.64. The van der Waals surface area contributed by atoms with E-state index in [1.54, 1.807) is 17.0 Å². The minimum absolute atomic E-state index is 0.115. The molecule has 7 nitrogen and oxygen atoms in total. The summed E-state index contributed by atoms with van der Waals surface area (Å²) in [5.74, 6) is -0.565. The molecule has 1 aromatic carbocycles. The van der Waals surface area contributed by atoms with Gasteiger partial charge < -0.3 is 4.90 Å². The van der Waals surface area contributed by atoms with Gasteiger partial charge in [0.1, 0.15) is 9.73 Å². The van der Waals surface area contributed by atoms with Crippen LogP contribution >= 0.6 is 45.9 Å². The van der Waals surface area contributed by atoms with E-state index in [0.29, 0.717) is 52.5 Å². The molecule has 0 saturated carbocycles. The van der Waals surface area contributed by atoms with E-state index in [-0.39, 0.29) is 16.7 Å². The van der Waals surface area contributed by atoms with Crippen LogP contribution in [0.25, 0.3) is 10.2 Å². The van der Waals surface area contributed by atoms with Crippen molar-refractivity contribution in [1.29, 1.82) is 0 Å². The summed E-state index contributed by atoms with van der Waals surface area (Å²) >= 11 is 14.7. The van der Waals surface area contributed by atoms with Crippen molar-refractivity contribution >= 4 is 77.2 Å². The summed E-state index contributed by atoms with van der Waals surface area (Å²) in [6.07, 6.45) is 1.24. The van der Waals surface area contributed by atoms with Crippen LogP contribution < -0.4 is 4.90 Å². The normalized spacial score (nSPS) is 17.7. The fourth-order valence-electron chi connectivity index (χ4n) is 3.77. The van der Waals surface area contributed by atoms with Gasteiger partial charge in [0.15, 0.2) is 5.13 Å². The first-order chi connectivity index (χ1) is 15.7. The Morgan fingerprint density at radius 1 is 1.18 bits per heavy atom. The van der Waals surface area contributed by atoms with Gasteiger partial charge in [-0.05, 0) is 51.2 Å². The number of piperidine rings is 1. The Hall–Kier alpha value is -1.27. The lowest BCUT2D eigenvalue weighted by atomic mass is 9.98. The standard InChI is InChI=1S/C21H24Cl2N4O3S3/c1-25(2)11-12-27(21-24-19-15(22)6-3-7-16(19)31-21)20(28)14-5-4-10-26(13-14)33(29,30)18-9-8-17(23)32-18/h3,6-9,14H,4-5,10-13H2,1-2H3. The summed E-state index contributed by atoms with van der Waals surface area (Å²) in [5.41, 5.74) is 0.671. The zero-order chi connectivity index (χ0) is 23.8. The first-order valence-electron chi connectivity index (χ1n) is 10.4. The maximum atomic E-state index is 13.7. The van der Waals surface area contributed by atoms with Crippen LogP contribution in [0.2, 0.25) is 9.36 Å². The van der Waals surface area contributed by atoms with Crippen LogP contribution in [0.5, 0.6) is 0 Å². The van der Waals surface area contributed by atoms with Gasteiger partial charge >= 0.3 is 0 Å². The number of thiazole rings is 1. The minimum atomic E-state index is -3.69. The van der Waals surface area contributed by atoms with Gasteiger partial charge in [0.05, 0.1) is 20.0 Å². The van der Waals surface area contributed by atoms with E-state index in [1.165, 1.54) is 21.7 Å². The molecule has 1 saturated heterocycles. The molecule has 0 bridgehead atoms. The summed E-state index contributed by atoms with van der Waals surface area (Å²) < 4.78 is 29.1. The number of amides is 1. The molecule has 1 amide bonds. The fraction of sp³-hybridized carbons (Fsp3) is 0.429. The van der Waals surface area contributed by atoms with Crippen LogP contribution in [-0.2, 0) is 14.8 Å². The number of hydrogen-bond donors (Lipinski definition) is 0. The van der Waals surface area contributed by atoms with E-state index in [2.05, 4.69) is 4.98 Å². The van der Waals surface area contributed by atoms with Crippen LogP contribution in [0.1, 0.15) is 12.8 Å². The molecular weight excluding hydrogens is 523 g/mol. The molecule has 1 atom stereocenters. The second-order valence-corrected chi connectivity index (χ2v) is 13.4. The van der Waals surface area contributed by atoms with E-state index in [1.807, 2.05) is 31.1 Å². The predicted molar refractivity (Wildman–Crippen MR) is 136 cm³/mol. The predicted octanol–water partition coefficient (Wildman–Crippen LogP) is 4.66. The first kappa shape index (κ1) is 24.8. The van der Waals surface area contributed by atoms with E-state index >= 15 is 0 Å². The number of thiophene rings is 1. The third-order valence-corrected chi connectivity index (χ3v) is 10.4. The highest BCUT2D eigenvalue weighted by molar-refractivity contribution is 7.91. The number of benzene rings is 1. The van der Waals surface area contributed by atoms with Gasteiger partial charge in [0, 0.05) is 26.2 Å². The zero-order valence-electron chi connectivity index (χ0n) is 18.2. The summed E-state index contributed by atoms with van der Waals surface area (Å²) in [6.45, 7) is 1.63. The van der Waals surface area contributed by atoms with Crippen molar-refractivity contribution in [3.8, 4) is 0 Å². The van der Waals surface area contributed by atoms with Crippen molar-refractivity contribution < 1.29 is 13.2 Å². The van der Waals surface area contributed by atoms with E-state index < -0.39 is 15.9 Å². The van der Waals surface area contributed by atoms with Gasteiger partial charge in [-0.2, -0.15) is 4.31 Å². The maximum absolute atomic E-state index is 13.7. The molecule has 1 aliphatic rings. The smallest absolute Gasteiger partial charge is 0.252 e. The number of para-hydroxylation sites is 1. The largest absolute Gasteiger partial charge is 0.308 e. The van der Waals surface area contributed by atoms with Gasteiger partial charge in [-0.1, -0.05) is 40.6 Å². The van der Waals surface area contributed by atoms with Crippen LogP contribution in [-0.4, -0.2) is 68.8 Å². The molecule has 0 spiro atoms. The van der Waals surface area contributed by atoms with Crippen molar-refractivity contribution in [2.45, 2.75) is 17.1 Å². The maximum Gasteiger partial charge on any atom is 0.252 e. The number of carbonyl (C=O) groups is 1. The molecule has 1 aliphatic heterocycles. The van der Waals surface area contributed by atoms with E-state index in [0.717, 1.165) is 16.0 Å². The summed E-state index contributed by atoms with van der Waals surface area (Å²) in [5, 5.41) is 1.12. The lowest BCUT2D eigenvalue weighted by molar-refractivity contribution is -0.123. The van der Waals surface area contributed by atoms with Gasteiger partial charge in [0.25, 0.3) is 10.0 Å². The SMILES string of the molecule is CN(C)CCN(C(=O)C1CCCN(S(=O)(=O)c2ccc(Cl)s2)C1)c1nc2c(Cl)cccc2s1. The van der Waals surface area contributed by atoms with Crippen molar-refractivity contribution in [2.24, 2.45) is 5.92 Å². The van der Waals surface area contributed by atoms with Gasteiger partial charge in [-0.25, -0.2) is 13.4 Å². The average molecular weight is 548 g/mol. The third kappa shape index (κ3) is 5.37. The second kappa shape index (κ2) is 10.2. The third-order valence-electron chi connectivity index (χ3n) is 5.50. The van der Waals surface area contributed by atoms with Gasteiger partial charge in [0.2, 0.25) is 5.91 Å². The van der Waals surface area contributed by atoms with Crippen LogP contribution in [0.3, 0.4) is 0 Å². The lowest BCUT2D eigenvalue weighted by Crippen LogP contribution is -2.48. The number of aromatic nitrogens is 1. The highest BCUT2D eigenvalue weighted by Gasteiger charge is 2.36. The zero-order valence-corrected chi connectivity index (χ0v) is 22.2. The van der Waals surface area contributed by atoms with E-state index in [9.17, 15) is 13.2 Å². The number of sulfonamides is 1. The van der Waals surface area contributed by atoms with Crippen LogP contribution in [0.4, 0.5) is 5.13 Å². The average Bonchev–Trinajstić information content (AvgIpc) is 3.41. The molecule has 4 rings (SSSR count). The van der Waals surface area contributed by atoms with Crippen molar-refractivity contribution in [3.63, 3.8) is 0 Å². The number of carbonyl (C=O) groups excluding carboxylic acids is 1. The number of likely N-dealkylation sites (N-methyl/N-ethyl adjacent to an activating group) is 1. The fourth-order valence-corrected chi connectivity index (χ4v) is 8.22. The Bertz CT molecular complexity index is 1260. The number of rotatable bonds is 7. The Balaban J connectivity index is 1.60. The molecule has 2 aromatic heterocycles. The molecular formula is C21H24Cl2N4O3S3. The first-order valence-corrected chi connectivity index (χ1v) is 14.3. The van der Waals surface area contributed by atoms with Gasteiger partial charge in [-0.15, -0.1) is 11.3 Å². The number of fused-ring (bicyclic) bond motifs is 1. The summed E-state index contributed by atoms with van der Waals surface area (Å²) in [7, 11) is 0.195. The molecule has 0 radical (unpaired) electrons. The molecule has 1 unspecified atom stereocenters.